The lowest BCUT2D eigenvalue weighted by atomic mass is 10.1. The van der Waals surface area contributed by atoms with Crippen LogP contribution in [0, 0.1) is 19.8 Å². The second kappa shape index (κ2) is 7.06. The van der Waals surface area contributed by atoms with Crippen molar-refractivity contribution in [3.05, 3.63) is 57.6 Å². The lowest BCUT2D eigenvalue weighted by molar-refractivity contribution is -0.122. The van der Waals surface area contributed by atoms with Gasteiger partial charge in [0.15, 0.2) is 0 Å². The molecule has 6 heteroatoms. The number of benzene rings is 2. The fourth-order valence-corrected chi connectivity index (χ4v) is 3.27. The van der Waals surface area contributed by atoms with Crippen molar-refractivity contribution in [1.29, 1.82) is 0 Å². The van der Waals surface area contributed by atoms with E-state index in [9.17, 15) is 9.59 Å². The van der Waals surface area contributed by atoms with Crippen LogP contribution in [0.2, 0.25) is 10.0 Å². The summed E-state index contributed by atoms with van der Waals surface area (Å²) >= 11 is 11.9. The molecule has 3 rings (SSSR count). The number of carbonyl (C=O) groups is 2. The van der Waals surface area contributed by atoms with Gasteiger partial charge in [0.2, 0.25) is 11.8 Å². The van der Waals surface area contributed by atoms with E-state index in [2.05, 4.69) is 5.32 Å². The summed E-state index contributed by atoms with van der Waals surface area (Å²) in [4.78, 5) is 26.5. The molecule has 2 aromatic rings. The van der Waals surface area contributed by atoms with E-state index in [0.717, 1.165) is 16.8 Å². The van der Waals surface area contributed by atoms with Crippen molar-refractivity contribution in [2.75, 3.05) is 16.8 Å². The number of hydrogen-bond acceptors (Lipinski definition) is 2. The van der Waals surface area contributed by atoms with Crippen LogP contribution in [0.15, 0.2) is 36.4 Å². The molecule has 2 aromatic carbocycles. The predicted molar refractivity (Wildman–Crippen MR) is 101 cm³/mol. The highest BCUT2D eigenvalue weighted by Crippen LogP contribution is 2.31. The molecule has 1 saturated heterocycles. The summed E-state index contributed by atoms with van der Waals surface area (Å²) in [6.45, 7) is 4.28. The molecule has 1 aliphatic rings. The van der Waals surface area contributed by atoms with Crippen LogP contribution >= 0.6 is 23.2 Å². The van der Waals surface area contributed by atoms with Crippen molar-refractivity contribution >= 4 is 46.4 Å². The molecule has 1 heterocycles. The molecule has 25 heavy (non-hydrogen) atoms. The summed E-state index contributed by atoms with van der Waals surface area (Å²) in [6, 6.07) is 10.9. The molecular weight excluding hydrogens is 359 g/mol. The Morgan fingerprint density at radius 1 is 1.12 bits per heavy atom. The Bertz CT molecular complexity index is 851. The first-order valence-electron chi connectivity index (χ1n) is 7.98. The Hall–Kier alpha value is -2.04. The molecule has 1 aliphatic heterocycles. The molecule has 0 unspecified atom stereocenters. The highest BCUT2D eigenvalue weighted by atomic mass is 35.5. The Balaban J connectivity index is 1.73. The van der Waals surface area contributed by atoms with Crippen molar-refractivity contribution in [2.24, 2.45) is 5.92 Å². The molecule has 0 aromatic heterocycles. The van der Waals surface area contributed by atoms with Crippen molar-refractivity contribution < 1.29 is 9.59 Å². The van der Waals surface area contributed by atoms with Gasteiger partial charge < -0.3 is 10.2 Å². The monoisotopic (exact) mass is 376 g/mol. The Morgan fingerprint density at radius 2 is 1.88 bits per heavy atom. The van der Waals surface area contributed by atoms with Gasteiger partial charge in [0.05, 0.1) is 16.0 Å². The Morgan fingerprint density at radius 3 is 2.56 bits per heavy atom. The number of aryl methyl sites for hydroxylation is 2. The number of hydrogen-bond donors (Lipinski definition) is 1. The van der Waals surface area contributed by atoms with E-state index in [4.69, 9.17) is 23.2 Å². The van der Waals surface area contributed by atoms with Crippen molar-refractivity contribution in [3.63, 3.8) is 0 Å². The zero-order valence-electron chi connectivity index (χ0n) is 14.0. The molecular formula is C19H18Cl2N2O2. The fourth-order valence-electron chi connectivity index (χ4n) is 2.97. The summed E-state index contributed by atoms with van der Waals surface area (Å²) in [7, 11) is 0. The Kier molecular flexibility index (Phi) is 5.02. The van der Waals surface area contributed by atoms with Crippen LogP contribution in [-0.2, 0) is 9.59 Å². The van der Waals surface area contributed by atoms with E-state index in [0.29, 0.717) is 22.3 Å². The summed E-state index contributed by atoms with van der Waals surface area (Å²) in [5.41, 5.74) is 3.56. The van der Waals surface area contributed by atoms with Crippen molar-refractivity contribution in [3.8, 4) is 0 Å². The molecule has 1 atom stereocenters. The number of nitrogens with one attached hydrogen (secondary N) is 1. The number of anilines is 2. The van der Waals surface area contributed by atoms with Gasteiger partial charge in [-0.3, -0.25) is 9.59 Å². The van der Waals surface area contributed by atoms with Crippen molar-refractivity contribution in [2.45, 2.75) is 20.3 Å². The number of carbonyl (C=O) groups excluding carboxylic acids is 2. The van der Waals surface area contributed by atoms with E-state index >= 15 is 0 Å². The third kappa shape index (κ3) is 3.80. The van der Waals surface area contributed by atoms with Gasteiger partial charge in [-0.25, -0.2) is 0 Å². The summed E-state index contributed by atoms with van der Waals surface area (Å²) < 4.78 is 0. The van der Waals surface area contributed by atoms with E-state index in [-0.39, 0.29) is 18.2 Å². The van der Waals surface area contributed by atoms with E-state index in [1.807, 2.05) is 32.0 Å². The second-order valence-corrected chi connectivity index (χ2v) is 7.13. The van der Waals surface area contributed by atoms with Crippen LogP contribution in [0.5, 0.6) is 0 Å². The fraction of sp³-hybridized carbons (Fsp3) is 0.263. The van der Waals surface area contributed by atoms with Crippen LogP contribution in [-0.4, -0.2) is 18.4 Å². The standard InChI is InChI=1S/C19H18Cl2N2O2/c1-11-3-6-17(12(2)7-11)22-19(25)13-8-18(24)23(10-13)14-4-5-15(20)16(21)9-14/h3-7,9,13H,8,10H2,1-2H3,(H,22,25)/t13-/m1/s1. The van der Waals surface area contributed by atoms with Gasteiger partial charge in [-0.05, 0) is 43.7 Å². The normalized spacial score (nSPS) is 17.0. The lowest BCUT2D eigenvalue weighted by Gasteiger charge is -2.17. The second-order valence-electron chi connectivity index (χ2n) is 6.31. The molecule has 0 spiro atoms. The minimum atomic E-state index is -0.400. The van der Waals surface area contributed by atoms with Crippen LogP contribution < -0.4 is 10.2 Å². The Labute approximate surface area is 156 Å². The average molecular weight is 377 g/mol. The average Bonchev–Trinajstić information content (AvgIpc) is 2.95. The van der Waals surface area contributed by atoms with Gasteiger partial charge in [-0.2, -0.15) is 0 Å². The molecule has 4 nitrogen and oxygen atoms in total. The zero-order valence-corrected chi connectivity index (χ0v) is 15.5. The van der Waals surface area contributed by atoms with E-state index in [1.54, 1.807) is 23.1 Å². The molecule has 1 fully saturated rings. The van der Waals surface area contributed by atoms with Gasteiger partial charge in [-0.15, -0.1) is 0 Å². The molecule has 130 valence electrons. The first-order valence-corrected chi connectivity index (χ1v) is 8.74. The summed E-state index contributed by atoms with van der Waals surface area (Å²) in [5, 5.41) is 3.74. The van der Waals surface area contributed by atoms with Gasteiger partial charge in [0, 0.05) is 24.3 Å². The van der Waals surface area contributed by atoms with Gasteiger partial charge in [-0.1, -0.05) is 40.9 Å². The molecule has 0 radical (unpaired) electrons. The largest absolute Gasteiger partial charge is 0.326 e. The SMILES string of the molecule is Cc1ccc(NC(=O)[C@@H]2CC(=O)N(c3ccc(Cl)c(Cl)c3)C2)c(C)c1. The first kappa shape index (κ1) is 17.8. The van der Waals surface area contributed by atoms with Crippen molar-refractivity contribution in [1.82, 2.24) is 0 Å². The molecule has 0 saturated carbocycles. The van der Waals surface area contributed by atoms with Crippen LogP contribution in [0.25, 0.3) is 0 Å². The quantitative estimate of drug-likeness (QED) is 0.850. The number of amides is 2. The van der Waals surface area contributed by atoms with Crippen LogP contribution in [0.3, 0.4) is 0 Å². The molecule has 0 aliphatic carbocycles. The minimum absolute atomic E-state index is 0.0980. The summed E-state index contributed by atoms with van der Waals surface area (Å²) in [5.74, 6) is -0.648. The predicted octanol–water partition coefficient (Wildman–Crippen LogP) is 4.60. The lowest BCUT2D eigenvalue weighted by Crippen LogP contribution is -2.28. The van der Waals surface area contributed by atoms with Crippen LogP contribution in [0.1, 0.15) is 17.5 Å². The van der Waals surface area contributed by atoms with Gasteiger partial charge >= 0.3 is 0 Å². The maximum absolute atomic E-state index is 12.6. The number of halogens is 2. The smallest absolute Gasteiger partial charge is 0.229 e. The third-order valence-corrected chi connectivity index (χ3v) is 5.09. The third-order valence-electron chi connectivity index (χ3n) is 4.35. The maximum atomic E-state index is 12.6. The maximum Gasteiger partial charge on any atom is 0.229 e. The molecule has 1 N–H and O–H groups in total. The topological polar surface area (TPSA) is 49.4 Å². The van der Waals surface area contributed by atoms with E-state index in [1.165, 1.54) is 0 Å². The first-order chi connectivity index (χ1) is 11.8. The highest BCUT2D eigenvalue weighted by molar-refractivity contribution is 6.42. The van der Waals surface area contributed by atoms with Crippen LogP contribution in [0.4, 0.5) is 11.4 Å². The molecule has 0 bridgehead atoms. The minimum Gasteiger partial charge on any atom is -0.326 e. The molecule has 2 amide bonds. The van der Waals surface area contributed by atoms with Gasteiger partial charge in [0.25, 0.3) is 0 Å². The zero-order chi connectivity index (χ0) is 18.1. The van der Waals surface area contributed by atoms with E-state index < -0.39 is 5.92 Å². The van der Waals surface area contributed by atoms with Gasteiger partial charge in [0.1, 0.15) is 0 Å². The number of nitrogens with zero attached hydrogens (tertiary/aromatic N) is 1. The number of rotatable bonds is 3. The summed E-state index contributed by atoms with van der Waals surface area (Å²) in [6.07, 6.45) is 0.178. The highest BCUT2D eigenvalue weighted by Gasteiger charge is 2.35.